The maximum Gasteiger partial charge on any atom is 0.390 e. The lowest BCUT2D eigenvalue weighted by Crippen LogP contribution is -2.55. The zero-order valence-corrected chi connectivity index (χ0v) is 27.0. The van der Waals surface area contributed by atoms with Crippen LogP contribution in [0.15, 0.2) is 0 Å². The van der Waals surface area contributed by atoms with E-state index in [4.69, 9.17) is 18.5 Å². The van der Waals surface area contributed by atoms with Gasteiger partial charge in [-0.05, 0) is 75.2 Å². The highest BCUT2D eigenvalue weighted by molar-refractivity contribution is 8.55. The van der Waals surface area contributed by atoms with Gasteiger partial charge >= 0.3 is 6.80 Å². The molecule has 0 radical (unpaired) electrons. The van der Waals surface area contributed by atoms with Gasteiger partial charge in [0.15, 0.2) is 0 Å². The number of hydrogen-bond donors (Lipinski definition) is 1. The van der Waals surface area contributed by atoms with Crippen LogP contribution in [0.25, 0.3) is 0 Å². The maximum absolute atomic E-state index is 14.3. The summed E-state index contributed by atoms with van der Waals surface area (Å²) in [6.07, 6.45) is 4.35. The molecular weight excluding hydrogens is 503 g/mol. The van der Waals surface area contributed by atoms with Crippen LogP contribution < -0.4 is 5.32 Å². The van der Waals surface area contributed by atoms with Gasteiger partial charge in [0.1, 0.15) is 21.8 Å². The molecule has 10 heteroatoms. The Morgan fingerprint density at radius 2 is 1.62 bits per heavy atom. The summed E-state index contributed by atoms with van der Waals surface area (Å²) in [5.41, 5.74) is -0.0853. The molecule has 0 aliphatic carbocycles. The SMILES string of the molecule is B[C@@H]1O[C@H](CO[P@@]2(=O)OC3C([C@H](B)O[C@@H]3C(C)(C)C)C(C)(C)S2)C2C1C(C)(C)NCCCCCC2(C)C. The Bertz CT molecular complexity index is 881. The van der Waals surface area contributed by atoms with Crippen LogP contribution in [0.4, 0.5) is 0 Å². The fourth-order valence-electron chi connectivity index (χ4n) is 8.08. The molecule has 4 saturated heterocycles. The summed E-state index contributed by atoms with van der Waals surface area (Å²) in [5.74, 6) is 0.788. The molecule has 0 aromatic carbocycles. The molecule has 1 N–H and O–H groups in total. The minimum atomic E-state index is -3.43. The first kappa shape index (κ1) is 30.5. The quantitative estimate of drug-likeness (QED) is 0.404. The van der Waals surface area contributed by atoms with Crippen LogP contribution in [-0.2, 0) is 23.1 Å². The van der Waals surface area contributed by atoms with Gasteiger partial charge in [-0.25, -0.2) is 4.57 Å². The summed E-state index contributed by atoms with van der Waals surface area (Å²) >= 11 is 1.37. The fraction of sp³-hybridized carbons (Fsp3) is 1.00. The fourth-order valence-corrected chi connectivity index (χ4v) is 13.0. The normalized spacial score (nSPS) is 45.6. The van der Waals surface area contributed by atoms with Crippen LogP contribution in [-0.4, -0.2) is 69.4 Å². The molecule has 0 spiro atoms. The second-order valence-corrected chi connectivity index (χ2v) is 19.5. The zero-order chi connectivity index (χ0) is 27.6. The van der Waals surface area contributed by atoms with Gasteiger partial charge in [-0.15, -0.1) is 0 Å². The molecular formula is C27H52B2NO5PS. The van der Waals surface area contributed by atoms with Gasteiger partial charge in [0, 0.05) is 34.1 Å². The number of ether oxygens (including phenoxy) is 2. The molecule has 4 heterocycles. The van der Waals surface area contributed by atoms with Gasteiger partial charge in [0.2, 0.25) is 0 Å². The monoisotopic (exact) mass is 555 g/mol. The third-order valence-electron chi connectivity index (χ3n) is 9.67. The second-order valence-electron chi connectivity index (χ2n) is 15.0. The summed E-state index contributed by atoms with van der Waals surface area (Å²) in [7, 11) is 4.33. The third kappa shape index (κ3) is 6.09. The smallest absolute Gasteiger partial charge is 0.381 e. The lowest BCUT2D eigenvalue weighted by atomic mass is 9.59. The molecule has 6 nitrogen and oxygen atoms in total. The topological polar surface area (TPSA) is 66.0 Å². The lowest BCUT2D eigenvalue weighted by molar-refractivity contribution is -0.0360. The Hall–Kier alpha value is 0.510. The largest absolute Gasteiger partial charge is 0.390 e. The molecule has 4 rings (SSSR count). The average Bonchev–Trinajstić information content (AvgIpc) is 3.26. The maximum atomic E-state index is 14.3. The molecule has 0 aromatic rings. The van der Waals surface area contributed by atoms with Crippen molar-refractivity contribution in [2.75, 3.05) is 13.2 Å². The molecule has 212 valence electrons. The van der Waals surface area contributed by atoms with Crippen LogP contribution in [0.2, 0.25) is 0 Å². The van der Waals surface area contributed by atoms with E-state index in [0.717, 1.165) is 6.54 Å². The molecule has 9 atom stereocenters. The second kappa shape index (κ2) is 10.4. The molecule has 4 aliphatic rings. The Balaban J connectivity index is 1.57. The van der Waals surface area contributed by atoms with Crippen molar-refractivity contribution in [1.82, 2.24) is 5.32 Å². The molecule has 4 aliphatic heterocycles. The van der Waals surface area contributed by atoms with E-state index in [2.05, 4.69) is 83.3 Å². The lowest BCUT2D eigenvalue weighted by Gasteiger charge is -2.47. The minimum absolute atomic E-state index is 0.0451. The van der Waals surface area contributed by atoms with Crippen LogP contribution >= 0.6 is 18.2 Å². The van der Waals surface area contributed by atoms with E-state index in [-0.39, 0.29) is 57.4 Å². The number of fused-ring (bicyclic) bond motifs is 2. The zero-order valence-electron chi connectivity index (χ0n) is 25.3. The van der Waals surface area contributed by atoms with Crippen LogP contribution in [0.5, 0.6) is 0 Å². The highest BCUT2D eigenvalue weighted by atomic mass is 32.7. The van der Waals surface area contributed by atoms with Crippen molar-refractivity contribution in [2.24, 2.45) is 28.6 Å². The predicted octanol–water partition coefficient (Wildman–Crippen LogP) is 4.60. The summed E-state index contributed by atoms with van der Waals surface area (Å²) in [5, 5.41) is 3.84. The highest BCUT2D eigenvalue weighted by Crippen LogP contribution is 2.73. The average molecular weight is 555 g/mol. The first-order chi connectivity index (χ1) is 16.9. The van der Waals surface area contributed by atoms with Gasteiger partial charge in [0.05, 0.1) is 18.8 Å². The van der Waals surface area contributed by atoms with Crippen molar-refractivity contribution >= 4 is 33.9 Å². The van der Waals surface area contributed by atoms with E-state index in [1.54, 1.807) is 0 Å². The first-order valence-corrected chi connectivity index (χ1v) is 17.5. The summed E-state index contributed by atoms with van der Waals surface area (Å²) in [4.78, 5) is 0. The number of nitrogens with one attached hydrogen (secondary N) is 1. The molecule has 0 bridgehead atoms. The Kier molecular flexibility index (Phi) is 8.57. The van der Waals surface area contributed by atoms with Crippen LogP contribution in [0.1, 0.15) is 88.0 Å². The van der Waals surface area contributed by atoms with Crippen molar-refractivity contribution < 1.29 is 23.1 Å². The molecule has 0 aromatic heterocycles. The molecule has 0 amide bonds. The molecule has 0 saturated carbocycles. The summed E-state index contributed by atoms with van der Waals surface area (Å²) in [6.45, 7) is 18.2. The van der Waals surface area contributed by atoms with Crippen molar-refractivity contribution in [3.63, 3.8) is 0 Å². The van der Waals surface area contributed by atoms with Gasteiger partial charge in [-0.1, -0.05) is 47.5 Å². The molecule has 37 heavy (non-hydrogen) atoms. The van der Waals surface area contributed by atoms with E-state index >= 15 is 0 Å². The minimum Gasteiger partial charge on any atom is -0.381 e. The third-order valence-corrected chi connectivity index (χ3v) is 14.3. The van der Waals surface area contributed by atoms with Gasteiger partial charge < -0.3 is 14.8 Å². The van der Waals surface area contributed by atoms with Gasteiger partial charge in [-0.2, -0.15) is 0 Å². The van der Waals surface area contributed by atoms with Crippen molar-refractivity contribution in [3.8, 4) is 0 Å². The molecule has 4 fully saturated rings. The summed E-state index contributed by atoms with van der Waals surface area (Å²) < 4.78 is 39.9. The van der Waals surface area contributed by atoms with E-state index in [1.807, 2.05) is 0 Å². The van der Waals surface area contributed by atoms with E-state index in [0.29, 0.717) is 18.4 Å². The van der Waals surface area contributed by atoms with Crippen molar-refractivity contribution in [2.45, 2.75) is 129 Å². The standard InChI is InChI=1S/C27H52B2NO5PS/c1-24(2,3)21-20-19(23(29)34-21)27(8,9)37-36(31,35-20)32-15-16-17-18(22(28)33-16)26(6,7)30-14-12-10-11-13-25(17,4)5/h16-23,30H,10-15,28-29H2,1-9H3/t16-,17?,18?,19?,20?,21+,22-,23-,36+/m1/s1. The number of hydrogen-bond acceptors (Lipinski definition) is 7. The van der Waals surface area contributed by atoms with E-state index in [1.165, 1.54) is 37.1 Å². The van der Waals surface area contributed by atoms with Crippen molar-refractivity contribution in [3.05, 3.63) is 0 Å². The predicted molar refractivity (Wildman–Crippen MR) is 159 cm³/mol. The molecule has 4 unspecified atom stereocenters. The van der Waals surface area contributed by atoms with Crippen LogP contribution in [0, 0.1) is 28.6 Å². The van der Waals surface area contributed by atoms with Crippen molar-refractivity contribution in [1.29, 1.82) is 0 Å². The Morgan fingerprint density at radius 3 is 2.27 bits per heavy atom. The Morgan fingerprint density at radius 1 is 0.973 bits per heavy atom. The van der Waals surface area contributed by atoms with E-state index < -0.39 is 6.80 Å². The number of rotatable bonds is 3. The van der Waals surface area contributed by atoms with Gasteiger partial charge in [-0.3, -0.25) is 9.05 Å². The highest BCUT2D eigenvalue weighted by Gasteiger charge is 2.62. The van der Waals surface area contributed by atoms with Crippen LogP contribution in [0.3, 0.4) is 0 Å². The first-order valence-electron chi connectivity index (χ1n) is 14.6. The Labute approximate surface area is 232 Å². The summed E-state index contributed by atoms with van der Waals surface area (Å²) in [6, 6.07) is 0.138. The van der Waals surface area contributed by atoms with Gasteiger partial charge in [0.25, 0.3) is 0 Å². The van der Waals surface area contributed by atoms with E-state index in [9.17, 15) is 4.57 Å².